The van der Waals surface area contributed by atoms with E-state index in [4.69, 9.17) is 20.4 Å². The van der Waals surface area contributed by atoms with Crippen molar-refractivity contribution in [2.45, 2.75) is 90.1 Å². The largest absolute Gasteiger partial charge is 0.508 e. The molecule has 0 atom stereocenters. The number of nitrogen functional groups attached to an aromatic ring is 1. The summed E-state index contributed by atoms with van der Waals surface area (Å²) >= 11 is 0. The highest BCUT2D eigenvalue weighted by Gasteiger charge is 2.40. The number of fused-ring (bicyclic) bond motifs is 2. The van der Waals surface area contributed by atoms with Crippen molar-refractivity contribution in [2.24, 2.45) is 5.92 Å². The lowest BCUT2D eigenvalue weighted by Gasteiger charge is -2.41. The van der Waals surface area contributed by atoms with Crippen LogP contribution in [0.2, 0.25) is 0 Å². The predicted octanol–water partition coefficient (Wildman–Crippen LogP) is 3.58. The zero-order valence-corrected chi connectivity index (χ0v) is 36.7. The normalized spacial score (nSPS) is 19.2. The van der Waals surface area contributed by atoms with Gasteiger partial charge in [-0.15, -0.1) is 0 Å². The fourth-order valence-electron chi connectivity index (χ4n) is 9.90. The van der Waals surface area contributed by atoms with Crippen LogP contribution in [0.5, 0.6) is 11.5 Å². The minimum Gasteiger partial charge on any atom is -0.508 e. The molecule has 0 aliphatic carbocycles. The van der Waals surface area contributed by atoms with Crippen molar-refractivity contribution in [2.75, 3.05) is 69.7 Å². The highest BCUT2D eigenvalue weighted by Crippen LogP contribution is 2.36. The van der Waals surface area contributed by atoms with Crippen molar-refractivity contribution in [3.05, 3.63) is 81.8 Å². The molecule has 5 N–H and O–H groups in total. The van der Waals surface area contributed by atoms with Gasteiger partial charge in [-0.05, 0) is 79.4 Å². The van der Waals surface area contributed by atoms with Crippen LogP contribution >= 0.6 is 0 Å². The van der Waals surface area contributed by atoms with Crippen LogP contribution in [0.3, 0.4) is 0 Å². The average Bonchev–Trinajstić information content (AvgIpc) is 3.73. The summed E-state index contributed by atoms with van der Waals surface area (Å²) in [7, 11) is 0. The van der Waals surface area contributed by atoms with E-state index in [0.717, 1.165) is 66.2 Å². The van der Waals surface area contributed by atoms with E-state index < -0.39 is 5.60 Å². The molecule has 338 valence electrons. The van der Waals surface area contributed by atoms with E-state index in [1.165, 1.54) is 6.07 Å². The molecule has 9 rings (SSSR count). The number of aromatic nitrogens is 4. The van der Waals surface area contributed by atoms with E-state index in [1.54, 1.807) is 28.3 Å². The number of phenolic OH excluding ortho intramolecular Hbond substituents is 2. The third-order valence-corrected chi connectivity index (χ3v) is 13.7. The molecule has 0 saturated carbocycles. The Hall–Kier alpha value is -5.91. The number of aliphatic hydroxyl groups is 1. The number of hydrogen-bond donors (Lipinski definition) is 4. The molecule has 3 saturated heterocycles. The lowest BCUT2D eigenvalue weighted by molar-refractivity contribution is -0.145. The molecule has 4 aromatic rings. The molecular formula is C47H58N10O7. The monoisotopic (exact) mass is 874 g/mol. The maximum absolute atomic E-state index is 13.8. The summed E-state index contributed by atoms with van der Waals surface area (Å²) in [4.78, 5) is 69.1. The number of nitrogens with zero attached hydrogens (tertiary/aromatic N) is 9. The number of ether oxygens (including phenoxy) is 1. The van der Waals surface area contributed by atoms with Crippen molar-refractivity contribution in [1.82, 2.24) is 39.5 Å². The zero-order chi connectivity index (χ0) is 44.7. The smallest absolute Gasteiger partial charge is 0.258 e. The maximum Gasteiger partial charge on any atom is 0.258 e. The fraction of sp³-hybridized carbons (Fsp3) is 0.511. The molecule has 5 aliphatic rings. The summed E-state index contributed by atoms with van der Waals surface area (Å²) < 4.78 is 5.60. The molecule has 2 aromatic carbocycles. The zero-order valence-electron chi connectivity index (χ0n) is 36.7. The molecule has 0 spiro atoms. The minimum atomic E-state index is -1.20. The standard InChI is InChI=1S/C47H58N10O7/c1-29(2)36-20-37(40(59)21-39(36)58)45(62)57-26-32-4-3-30(19-33(32)27-57)25-53-10-5-31(6-11-53)44(61)55-13-8-47(63,9-14-55)22-41(60)56-12-7-35-38(28-56)51-42(34-23-49-46(48)50-24-34)52-43(35)54-15-17-64-18-16-54/h3-4,19-21,23-24,29,31,58-59,63H,5-18,22,25-28H2,1-2H3,(H2,48,49,50). The predicted molar refractivity (Wildman–Crippen MR) is 237 cm³/mol. The SMILES string of the molecule is CC(C)c1cc(C(=O)N2Cc3ccc(CN4CCC(C(=O)N5CCC(O)(CC(=O)N6CCc7c(nc(-c8cnc(N)nc8)nc7N7CCOCC7)C6)CC5)CC4)cc3C2)c(O)cc1O. The molecular weight excluding hydrogens is 817 g/mol. The van der Waals surface area contributed by atoms with E-state index >= 15 is 0 Å². The number of carbonyl (C=O) groups excluding carboxylic acids is 3. The van der Waals surface area contributed by atoms with Crippen LogP contribution in [0, 0.1) is 5.92 Å². The number of hydrogen-bond acceptors (Lipinski definition) is 14. The number of carbonyl (C=O) groups is 3. The summed E-state index contributed by atoms with van der Waals surface area (Å²) in [6, 6.07) is 9.19. The summed E-state index contributed by atoms with van der Waals surface area (Å²) in [5.74, 6) is 0.864. The Morgan fingerprint density at radius 3 is 2.28 bits per heavy atom. The summed E-state index contributed by atoms with van der Waals surface area (Å²) in [6.45, 7) is 11.3. The van der Waals surface area contributed by atoms with Gasteiger partial charge in [-0.25, -0.2) is 19.9 Å². The summed E-state index contributed by atoms with van der Waals surface area (Å²) in [6.07, 6.45) is 5.97. The highest BCUT2D eigenvalue weighted by molar-refractivity contribution is 5.97. The van der Waals surface area contributed by atoms with Crippen LogP contribution in [-0.4, -0.2) is 137 Å². The Kier molecular flexibility index (Phi) is 12.1. The number of phenols is 2. The third-order valence-electron chi connectivity index (χ3n) is 13.7. The van der Waals surface area contributed by atoms with Crippen molar-refractivity contribution < 1.29 is 34.4 Å². The number of piperidine rings is 2. The number of likely N-dealkylation sites (tertiary alicyclic amines) is 2. The molecule has 3 fully saturated rings. The molecule has 5 aliphatic heterocycles. The molecule has 17 nitrogen and oxygen atoms in total. The van der Waals surface area contributed by atoms with Crippen molar-refractivity contribution in [1.29, 1.82) is 0 Å². The lowest BCUT2D eigenvalue weighted by atomic mass is 9.86. The van der Waals surface area contributed by atoms with E-state index in [1.807, 2.05) is 18.7 Å². The van der Waals surface area contributed by atoms with E-state index in [9.17, 15) is 29.7 Å². The van der Waals surface area contributed by atoms with Crippen LogP contribution in [-0.2, 0) is 46.9 Å². The number of aromatic hydroxyl groups is 2. The number of rotatable bonds is 9. The molecule has 3 amide bonds. The quantitative estimate of drug-likeness (QED) is 0.189. The molecule has 0 radical (unpaired) electrons. The second-order valence-electron chi connectivity index (χ2n) is 18.4. The van der Waals surface area contributed by atoms with Crippen LogP contribution < -0.4 is 10.6 Å². The van der Waals surface area contributed by atoms with Gasteiger partial charge in [-0.1, -0.05) is 32.0 Å². The van der Waals surface area contributed by atoms with E-state index in [-0.39, 0.29) is 59.0 Å². The van der Waals surface area contributed by atoms with Crippen LogP contribution in [0.4, 0.5) is 11.8 Å². The van der Waals surface area contributed by atoms with Gasteiger partial charge in [0.1, 0.15) is 17.3 Å². The van der Waals surface area contributed by atoms with Gasteiger partial charge >= 0.3 is 0 Å². The Balaban J connectivity index is 0.752. The highest BCUT2D eigenvalue weighted by atomic mass is 16.5. The third kappa shape index (κ3) is 9.06. The Morgan fingerprint density at radius 1 is 0.844 bits per heavy atom. The molecule has 0 unspecified atom stereocenters. The lowest BCUT2D eigenvalue weighted by Crippen LogP contribution is -2.51. The molecule has 7 heterocycles. The first-order valence-electron chi connectivity index (χ1n) is 22.6. The first-order chi connectivity index (χ1) is 30.8. The summed E-state index contributed by atoms with van der Waals surface area (Å²) in [5.41, 5.74) is 11.1. The fourth-order valence-corrected chi connectivity index (χ4v) is 9.90. The molecule has 0 bridgehead atoms. The number of nitrogens with two attached hydrogens (primary N) is 1. The van der Waals surface area contributed by atoms with Gasteiger partial charge in [0.05, 0.1) is 48.6 Å². The van der Waals surface area contributed by atoms with Crippen molar-refractivity contribution >= 4 is 29.5 Å². The van der Waals surface area contributed by atoms with E-state index in [0.29, 0.717) is 102 Å². The van der Waals surface area contributed by atoms with Gasteiger partial charge in [0.25, 0.3) is 5.91 Å². The van der Waals surface area contributed by atoms with Gasteiger partial charge in [0.2, 0.25) is 17.8 Å². The van der Waals surface area contributed by atoms with Gasteiger partial charge < -0.3 is 45.4 Å². The van der Waals surface area contributed by atoms with Gasteiger partial charge in [0.15, 0.2) is 5.82 Å². The number of amides is 3. The Morgan fingerprint density at radius 2 is 1.56 bits per heavy atom. The number of anilines is 2. The maximum atomic E-state index is 13.8. The van der Waals surface area contributed by atoms with Gasteiger partial charge in [0, 0.05) is 82.3 Å². The average molecular weight is 875 g/mol. The summed E-state index contributed by atoms with van der Waals surface area (Å²) in [5, 5.41) is 32.5. The molecule has 17 heteroatoms. The minimum absolute atomic E-state index is 0.00269. The Bertz CT molecular complexity index is 2410. The van der Waals surface area contributed by atoms with Gasteiger partial charge in [-0.2, -0.15) is 0 Å². The first kappa shape index (κ1) is 43.3. The molecule has 64 heavy (non-hydrogen) atoms. The molecule has 2 aromatic heterocycles. The first-order valence-corrected chi connectivity index (χ1v) is 22.6. The number of morpholine rings is 1. The Labute approximate surface area is 372 Å². The topological polar surface area (TPSA) is 215 Å². The van der Waals surface area contributed by atoms with Crippen LogP contribution in [0.25, 0.3) is 11.4 Å². The van der Waals surface area contributed by atoms with Crippen molar-refractivity contribution in [3.8, 4) is 22.9 Å². The van der Waals surface area contributed by atoms with Crippen LogP contribution in [0.1, 0.15) is 95.7 Å². The second kappa shape index (κ2) is 17.9. The van der Waals surface area contributed by atoms with E-state index in [2.05, 4.69) is 38.0 Å². The van der Waals surface area contributed by atoms with Crippen molar-refractivity contribution in [3.63, 3.8) is 0 Å². The number of benzene rings is 2. The second-order valence-corrected chi connectivity index (χ2v) is 18.4. The van der Waals surface area contributed by atoms with Crippen LogP contribution in [0.15, 0.2) is 42.7 Å². The van der Waals surface area contributed by atoms with Gasteiger partial charge in [-0.3, -0.25) is 19.3 Å².